The molecule has 5 rings (SSSR count). The Hall–Kier alpha value is -2.82. The average Bonchev–Trinajstić information content (AvgIpc) is 3.57. The summed E-state index contributed by atoms with van der Waals surface area (Å²) in [6.07, 6.45) is 4.26. The fourth-order valence-corrected chi connectivity index (χ4v) is 5.22. The van der Waals surface area contributed by atoms with Gasteiger partial charge in [0.05, 0.1) is 13.1 Å². The fraction of sp³-hybridized carbons (Fsp3) is 0.355. The van der Waals surface area contributed by atoms with Gasteiger partial charge in [0.15, 0.2) is 0 Å². The molecule has 6 heteroatoms. The van der Waals surface area contributed by atoms with Gasteiger partial charge >= 0.3 is 0 Å². The Bertz CT molecular complexity index is 1200. The summed E-state index contributed by atoms with van der Waals surface area (Å²) in [4.78, 5) is 9.11. The summed E-state index contributed by atoms with van der Waals surface area (Å²) >= 11 is 0. The van der Waals surface area contributed by atoms with Crippen molar-refractivity contribution in [1.82, 2.24) is 10.6 Å². The van der Waals surface area contributed by atoms with E-state index >= 15 is 0 Å². The first-order valence-corrected chi connectivity index (χ1v) is 12.9. The molecule has 3 aromatic carbocycles. The Morgan fingerprint density at radius 1 is 0.595 bits per heavy atom. The Morgan fingerprint density at radius 3 is 1.43 bits per heavy atom. The van der Waals surface area contributed by atoms with Gasteiger partial charge in [0, 0.05) is 24.2 Å². The number of halogens is 2. The van der Waals surface area contributed by atoms with Gasteiger partial charge in [0.2, 0.25) is 0 Å². The zero-order valence-corrected chi connectivity index (χ0v) is 23.7. The van der Waals surface area contributed by atoms with Crippen LogP contribution in [0.15, 0.2) is 64.6 Å². The molecule has 2 aliphatic heterocycles. The van der Waals surface area contributed by atoms with Crippen LogP contribution in [0.5, 0.6) is 0 Å². The number of benzene rings is 3. The molecular formula is C31H38Cl2N4. The van der Waals surface area contributed by atoms with Gasteiger partial charge in [-0.05, 0) is 92.0 Å². The van der Waals surface area contributed by atoms with Crippen molar-refractivity contribution in [1.29, 1.82) is 0 Å². The second-order valence-electron chi connectivity index (χ2n) is 9.92. The molecule has 4 nitrogen and oxygen atoms in total. The average molecular weight is 538 g/mol. The van der Waals surface area contributed by atoms with E-state index in [1.54, 1.807) is 0 Å². The van der Waals surface area contributed by atoms with Crippen molar-refractivity contribution in [2.75, 3.05) is 26.2 Å². The monoisotopic (exact) mass is 536 g/mol. The Kier molecular flexibility index (Phi) is 10.2. The molecule has 2 N–H and O–H groups in total. The number of aliphatic imine (C=N–C) groups is 2. The minimum Gasteiger partial charge on any atom is -0.368 e. The Morgan fingerprint density at radius 2 is 1.05 bits per heavy atom. The molecule has 0 saturated carbocycles. The molecule has 0 aromatic heterocycles. The number of hydrogen-bond acceptors (Lipinski definition) is 4. The first-order chi connectivity index (χ1) is 17.0. The van der Waals surface area contributed by atoms with Crippen LogP contribution in [-0.4, -0.2) is 37.9 Å². The van der Waals surface area contributed by atoms with Gasteiger partial charge < -0.3 is 10.6 Å². The topological polar surface area (TPSA) is 48.8 Å². The van der Waals surface area contributed by atoms with E-state index in [0.717, 1.165) is 63.5 Å². The van der Waals surface area contributed by atoms with Crippen molar-refractivity contribution in [2.24, 2.45) is 9.98 Å². The second kappa shape index (κ2) is 13.1. The molecule has 196 valence electrons. The van der Waals surface area contributed by atoms with Crippen LogP contribution in [0.4, 0.5) is 0 Å². The van der Waals surface area contributed by atoms with Crippen LogP contribution in [0, 0.1) is 20.8 Å². The lowest BCUT2D eigenvalue weighted by Gasteiger charge is -2.12. The Balaban J connectivity index is 0.00000190. The summed E-state index contributed by atoms with van der Waals surface area (Å²) in [6.45, 7) is 10.3. The molecule has 0 fully saturated rings. The lowest BCUT2D eigenvalue weighted by molar-refractivity contribution is 0.917. The zero-order chi connectivity index (χ0) is 24.2. The summed E-state index contributed by atoms with van der Waals surface area (Å²) in [5.74, 6) is 2.08. The van der Waals surface area contributed by atoms with E-state index in [9.17, 15) is 0 Å². The lowest BCUT2D eigenvalue weighted by atomic mass is 9.94. The van der Waals surface area contributed by atoms with Crippen molar-refractivity contribution in [2.45, 2.75) is 46.5 Å². The highest BCUT2D eigenvalue weighted by Crippen LogP contribution is 2.20. The van der Waals surface area contributed by atoms with Crippen molar-refractivity contribution in [3.63, 3.8) is 0 Å². The van der Waals surface area contributed by atoms with Crippen LogP contribution in [0.25, 0.3) is 0 Å². The third kappa shape index (κ3) is 7.15. The summed E-state index contributed by atoms with van der Waals surface area (Å²) in [6, 6.07) is 20.6. The number of aryl methyl sites for hydroxylation is 7. The van der Waals surface area contributed by atoms with Crippen LogP contribution in [0.3, 0.4) is 0 Å². The highest BCUT2D eigenvalue weighted by atomic mass is 35.5. The van der Waals surface area contributed by atoms with Crippen LogP contribution < -0.4 is 10.6 Å². The van der Waals surface area contributed by atoms with Crippen LogP contribution in [-0.2, 0) is 25.7 Å². The number of rotatable bonds is 8. The summed E-state index contributed by atoms with van der Waals surface area (Å²) < 4.78 is 0. The number of amidine groups is 2. The van der Waals surface area contributed by atoms with Gasteiger partial charge in [-0.25, -0.2) is 0 Å². The highest BCUT2D eigenvalue weighted by molar-refractivity contribution is 6.00. The molecule has 2 heterocycles. The van der Waals surface area contributed by atoms with Crippen molar-refractivity contribution < 1.29 is 0 Å². The maximum Gasteiger partial charge on any atom is 0.128 e. The van der Waals surface area contributed by atoms with E-state index in [-0.39, 0.29) is 24.8 Å². The molecule has 0 unspecified atom stereocenters. The van der Waals surface area contributed by atoms with Gasteiger partial charge in [-0.3, -0.25) is 9.98 Å². The predicted octanol–water partition coefficient (Wildman–Crippen LogP) is 5.73. The number of nitrogens with one attached hydrogen (secondary N) is 2. The third-order valence-electron chi connectivity index (χ3n) is 7.14. The van der Waals surface area contributed by atoms with Crippen LogP contribution >= 0.6 is 24.8 Å². The molecule has 0 spiro atoms. The van der Waals surface area contributed by atoms with Crippen molar-refractivity contribution in [3.05, 3.63) is 105 Å². The van der Waals surface area contributed by atoms with Crippen molar-refractivity contribution in [3.8, 4) is 0 Å². The molecule has 0 amide bonds. The molecule has 0 atom stereocenters. The van der Waals surface area contributed by atoms with Gasteiger partial charge in [-0.1, -0.05) is 48.0 Å². The minimum absolute atomic E-state index is 0. The maximum atomic E-state index is 4.55. The molecule has 0 aliphatic carbocycles. The molecule has 2 aliphatic rings. The highest BCUT2D eigenvalue weighted by Gasteiger charge is 2.11. The smallest absolute Gasteiger partial charge is 0.128 e. The molecule has 37 heavy (non-hydrogen) atoms. The number of nitrogens with zero attached hydrogens (tertiary/aromatic N) is 2. The quantitative estimate of drug-likeness (QED) is 0.386. The van der Waals surface area contributed by atoms with Crippen LogP contribution in [0.2, 0.25) is 0 Å². The molecule has 0 bridgehead atoms. The van der Waals surface area contributed by atoms with E-state index < -0.39 is 0 Å². The first kappa shape index (κ1) is 28.7. The van der Waals surface area contributed by atoms with E-state index in [4.69, 9.17) is 0 Å². The normalized spacial score (nSPS) is 14.1. The molecule has 0 radical (unpaired) electrons. The SMILES string of the molecule is Cc1cc(CCc2ccc(C3=NCCN3)cc2C)cc(CCc2ccc(C3=NCCN3)cc2C)c1.Cl.Cl. The Labute approximate surface area is 233 Å². The predicted molar refractivity (Wildman–Crippen MR) is 162 cm³/mol. The van der Waals surface area contributed by atoms with Gasteiger partial charge in [-0.2, -0.15) is 0 Å². The van der Waals surface area contributed by atoms with Crippen LogP contribution in [0.1, 0.15) is 50.1 Å². The van der Waals surface area contributed by atoms with Gasteiger partial charge in [0.25, 0.3) is 0 Å². The van der Waals surface area contributed by atoms with Gasteiger partial charge in [-0.15, -0.1) is 24.8 Å². The first-order valence-electron chi connectivity index (χ1n) is 12.9. The largest absolute Gasteiger partial charge is 0.368 e. The lowest BCUT2D eigenvalue weighted by Crippen LogP contribution is -2.19. The number of hydrogen-bond donors (Lipinski definition) is 2. The maximum absolute atomic E-state index is 4.55. The standard InChI is InChI=1S/C31H36N4.2ClH/c1-21-16-24(4-6-26-8-10-28(18-22(26)2)30-32-12-13-33-30)20-25(17-21)5-7-27-9-11-29(19-23(27)3)31-34-14-15-35-31;;/h8-11,16-20H,4-7,12-15H2,1-3H3,(H,32,33)(H,34,35);2*1H. The van der Waals surface area contributed by atoms with E-state index in [0.29, 0.717) is 0 Å². The van der Waals surface area contributed by atoms with E-state index in [2.05, 4.69) is 96.0 Å². The summed E-state index contributed by atoms with van der Waals surface area (Å²) in [7, 11) is 0. The summed E-state index contributed by atoms with van der Waals surface area (Å²) in [5, 5.41) is 6.75. The molecule has 0 saturated heterocycles. The second-order valence-corrected chi connectivity index (χ2v) is 9.92. The van der Waals surface area contributed by atoms with Gasteiger partial charge in [0.1, 0.15) is 11.7 Å². The molecular weight excluding hydrogens is 499 g/mol. The molecule has 3 aromatic rings. The van der Waals surface area contributed by atoms with E-state index in [1.807, 2.05) is 0 Å². The van der Waals surface area contributed by atoms with E-state index in [1.165, 1.54) is 50.1 Å². The minimum atomic E-state index is 0. The fourth-order valence-electron chi connectivity index (χ4n) is 5.22. The third-order valence-corrected chi connectivity index (χ3v) is 7.14. The summed E-state index contributed by atoms with van der Waals surface area (Å²) in [5.41, 5.74) is 12.2. The zero-order valence-electron chi connectivity index (χ0n) is 22.1. The van der Waals surface area contributed by atoms with Crippen molar-refractivity contribution >= 4 is 36.5 Å².